The van der Waals surface area contributed by atoms with Crippen LogP contribution in [0.5, 0.6) is 5.75 Å². The van der Waals surface area contributed by atoms with E-state index < -0.39 is 0 Å². The van der Waals surface area contributed by atoms with E-state index >= 15 is 0 Å². The van der Waals surface area contributed by atoms with E-state index in [1.54, 1.807) is 6.07 Å². The number of nitrogens with one attached hydrogen (secondary N) is 1. The summed E-state index contributed by atoms with van der Waals surface area (Å²) in [5.74, 6) is 0.512. The standard InChI is InChI=1S/C17H26FNO3/c1-12(2)15-6-5-14(18)11-16(15)22-10-9-21-8-7-19-17(20)13(3)4/h5-6,11-13H,7-10H2,1-4H3,(H,19,20). The first kappa shape index (κ1) is 18.4. The van der Waals surface area contributed by atoms with Crippen LogP contribution in [0.2, 0.25) is 0 Å². The summed E-state index contributed by atoms with van der Waals surface area (Å²) < 4.78 is 24.3. The third-order valence-corrected chi connectivity index (χ3v) is 3.15. The highest BCUT2D eigenvalue weighted by Gasteiger charge is 2.09. The molecule has 4 nitrogen and oxygen atoms in total. The number of hydrogen-bond donors (Lipinski definition) is 1. The van der Waals surface area contributed by atoms with E-state index in [-0.39, 0.29) is 23.6 Å². The molecule has 0 aromatic heterocycles. The van der Waals surface area contributed by atoms with E-state index in [9.17, 15) is 9.18 Å². The summed E-state index contributed by atoms with van der Waals surface area (Å²) in [6.07, 6.45) is 0. The van der Waals surface area contributed by atoms with E-state index in [0.29, 0.717) is 32.1 Å². The van der Waals surface area contributed by atoms with Crippen molar-refractivity contribution >= 4 is 5.91 Å². The zero-order chi connectivity index (χ0) is 16.5. The Morgan fingerprint density at radius 3 is 2.55 bits per heavy atom. The fourth-order valence-electron chi connectivity index (χ4n) is 1.87. The van der Waals surface area contributed by atoms with Gasteiger partial charge in [-0.05, 0) is 17.5 Å². The molecule has 0 bridgehead atoms. The van der Waals surface area contributed by atoms with Crippen molar-refractivity contribution in [3.63, 3.8) is 0 Å². The van der Waals surface area contributed by atoms with Crippen molar-refractivity contribution in [3.8, 4) is 5.75 Å². The second kappa shape index (κ2) is 9.41. The molecule has 0 atom stereocenters. The molecule has 0 aliphatic carbocycles. The fourth-order valence-corrected chi connectivity index (χ4v) is 1.87. The number of hydrogen-bond acceptors (Lipinski definition) is 3. The molecule has 0 radical (unpaired) electrons. The first-order valence-corrected chi connectivity index (χ1v) is 7.69. The number of rotatable bonds is 9. The molecule has 1 amide bonds. The topological polar surface area (TPSA) is 47.6 Å². The summed E-state index contributed by atoms with van der Waals surface area (Å²) in [4.78, 5) is 11.3. The van der Waals surface area contributed by atoms with Gasteiger partial charge in [0.05, 0.1) is 13.2 Å². The van der Waals surface area contributed by atoms with Crippen LogP contribution in [0.15, 0.2) is 18.2 Å². The van der Waals surface area contributed by atoms with Crippen LogP contribution < -0.4 is 10.1 Å². The molecule has 0 spiro atoms. The van der Waals surface area contributed by atoms with Crippen molar-refractivity contribution in [1.29, 1.82) is 0 Å². The molecule has 0 aliphatic rings. The molecule has 5 heteroatoms. The number of carbonyl (C=O) groups excluding carboxylic acids is 1. The van der Waals surface area contributed by atoms with Gasteiger partial charge in [0.2, 0.25) is 5.91 Å². The van der Waals surface area contributed by atoms with Crippen molar-refractivity contribution in [2.45, 2.75) is 33.6 Å². The van der Waals surface area contributed by atoms with Gasteiger partial charge in [-0.15, -0.1) is 0 Å². The highest BCUT2D eigenvalue weighted by molar-refractivity contribution is 5.77. The quantitative estimate of drug-likeness (QED) is 0.713. The van der Waals surface area contributed by atoms with Gasteiger partial charge in [0.15, 0.2) is 0 Å². The van der Waals surface area contributed by atoms with Crippen LogP contribution >= 0.6 is 0 Å². The molecule has 1 aromatic carbocycles. The highest BCUT2D eigenvalue weighted by atomic mass is 19.1. The Morgan fingerprint density at radius 1 is 1.18 bits per heavy atom. The van der Waals surface area contributed by atoms with E-state index in [1.165, 1.54) is 12.1 Å². The third kappa shape index (κ3) is 6.43. The average molecular weight is 311 g/mol. The van der Waals surface area contributed by atoms with Gasteiger partial charge in [0, 0.05) is 18.5 Å². The lowest BCUT2D eigenvalue weighted by Gasteiger charge is -2.14. The zero-order valence-electron chi connectivity index (χ0n) is 13.8. The van der Waals surface area contributed by atoms with E-state index in [0.717, 1.165) is 5.56 Å². The van der Waals surface area contributed by atoms with Gasteiger partial charge >= 0.3 is 0 Å². The van der Waals surface area contributed by atoms with Gasteiger partial charge in [0.1, 0.15) is 18.2 Å². The molecular formula is C17H26FNO3. The lowest BCUT2D eigenvalue weighted by Crippen LogP contribution is -2.31. The Kier molecular flexibility index (Phi) is 7.88. The molecule has 1 rings (SSSR count). The number of carbonyl (C=O) groups is 1. The molecule has 0 unspecified atom stereocenters. The summed E-state index contributed by atoms with van der Waals surface area (Å²) in [5.41, 5.74) is 0.977. The lowest BCUT2D eigenvalue weighted by molar-refractivity contribution is -0.124. The largest absolute Gasteiger partial charge is 0.491 e. The molecule has 22 heavy (non-hydrogen) atoms. The average Bonchev–Trinajstić information content (AvgIpc) is 2.45. The van der Waals surface area contributed by atoms with Gasteiger partial charge in [-0.25, -0.2) is 4.39 Å². The molecule has 0 saturated carbocycles. The van der Waals surface area contributed by atoms with Crippen LogP contribution in [-0.4, -0.2) is 32.3 Å². The van der Waals surface area contributed by atoms with Crippen LogP contribution in [0, 0.1) is 11.7 Å². The van der Waals surface area contributed by atoms with E-state index in [4.69, 9.17) is 9.47 Å². The molecular weight excluding hydrogens is 285 g/mol. The second-order valence-corrected chi connectivity index (χ2v) is 5.74. The monoisotopic (exact) mass is 311 g/mol. The van der Waals surface area contributed by atoms with Crippen molar-refractivity contribution in [2.75, 3.05) is 26.4 Å². The normalized spacial score (nSPS) is 11.0. The Labute approximate surface area is 132 Å². The maximum absolute atomic E-state index is 13.3. The first-order valence-electron chi connectivity index (χ1n) is 7.69. The molecule has 124 valence electrons. The van der Waals surface area contributed by atoms with E-state index in [1.807, 2.05) is 27.7 Å². The number of halogens is 1. The molecule has 0 heterocycles. The Balaban J connectivity index is 2.25. The van der Waals surface area contributed by atoms with Crippen molar-refractivity contribution in [3.05, 3.63) is 29.6 Å². The predicted molar refractivity (Wildman–Crippen MR) is 84.7 cm³/mol. The van der Waals surface area contributed by atoms with Gasteiger partial charge in [-0.1, -0.05) is 33.8 Å². The SMILES string of the molecule is CC(C)C(=O)NCCOCCOc1cc(F)ccc1C(C)C. The fraction of sp³-hybridized carbons (Fsp3) is 0.588. The maximum atomic E-state index is 13.3. The van der Waals surface area contributed by atoms with Crippen LogP contribution in [0.3, 0.4) is 0 Å². The number of benzene rings is 1. The van der Waals surface area contributed by atoms with Crippen molar-refractivity contribution < 1.29 is 18.7 Å². The van der Waals surface area contributed by atoms with Gasteiger partial charge < -0.3 is 14.8 Å². The summed E-state index contributed by atoms with van der Waals surface area (Å²) in [7, 11) is 0. The Bertz CT molecular complexity index is 475. The van der Waals surface area contributed by atoms with Crippen LogP contribution in [-0.2, 0) is 9.53 Å². The van der Waals surface area contributed by atoms with Gasteiger partial charge in [-0.2, -0.15) is 0 Å². The van der Waals surface area contributed by atoms with E-state index in [2.05, 4.69) is 5.32 Å². The third-order valence-electron chi connectivity index (χ3n) is 3.15. The smallest absolute Gasteiger partial charge is 0.222 e. The highest BCUT2D eigenvalue weighted by Crippen LogP contribution is 2.27. The molecule has 0 fully saturated rings. The van der Waals surface area contributed by atoms with Gasteiger partial charge in [-0.3, -0.25) is 4.79 Å². The summed E-state index contributed by atoms with van der Waals surface area (Å²) in [6.45, 7) is 9.41. The maximum Gasteiger partial charge on any atom is 0.222 e. The molecule has 0 aliphatic heterocycles. The first-order chi connectivity index (χ1) is 10.4. The second-order valence-electron chi connectivity index (χ2n) is 5.74. The molecule has 1 N–H and O–H groups in total. The minimum absolute atomic E-state index is 0.0150. The van der Waals surface area contributed by atoms with Crippen molar-refractivity contribution in [2.24, 2.45) is 5.92 Å². The molecule has 0 saturated heterocycles. The summed E-state index contributed by atoms with van der Waals surface area (Å²) >= 11 is 0. The Morgan fingerprint density at radius 2 is 1.91 bits per heavy atom. The summed E-state index contributed by atoms with van der Waals surface area (Å²) in [5, 5.41) is 2.77. The molecule has 1 aromatic rings. The predicted octanol–water partition coefficient (Wildman–Crippen LogP) is 3.12. The minimum Gasteiger partial charge on any atom is -0.491 e. The van der Waals surface area contributed by atoms with Crippen LogP contribution in [0.4, 0.5) is 4.39 Å². The lowest BCUT2D eigenvalue weighted by atomic mass is 10.0. The number of amides is 1. The van der Waals surface area contributed by atoms with Crippen LogP contribution in [0.25, 0.3) is 0 Å². The minimum atomic E-state index is -0.309. The van der Waals surface area contributed by atoms with Gasteiger partial charge in [0.25, 0.3) is 0 Å². The van der Waals surface area contributed by atoms with Crippen molar-refractivity contribution in [1.82, 2.24) is 5.32 Å². The van der Waals surface area contributed by atoms with Crippen LogP contribution in [0.1, 0.15) is 39.2 Å². The number of ether oxygens (including phenoxy) is 2. The Hall–Kier alpha value is -1.62. The summed E-state index contributed by atoms with van der Waals surface area (Å²) in [6, 6.07) is 4.59. The zero-order valence-corrected chi connectivity index (χ0v) is 13.8.